The van der Waals surface area contributed by atoms with E-state index in [2.05, 4.69) is 81.5 Å². The summed E-state index contributed by atoms with van der Waals surface area (Å²) in [5.74, 6) is 0.728. The van der Waals surface area contributed by atoms with Gasteiger partial charge in [-0.1, -0.05) is 12.1 Å². The fourth-order valence-electron chi connectivity index (χ4n) is 1.54. The summed E-state index contributed by atoms with van der Waals surface area (Å²) in [6.07, 6.45) is 1.79. The monoisotopic (exact) mass is 439 g/mol. The van der Waals surface area contributed by atoms with E-state index in [-0.39, 0.29) is 6.04 Å². The SMILES string of the molecule is CC(c1ccc(I)cc1)n1ncc(I)c1N. The lowest BCUT2D eigenvalue weighted by Gasteiger charge is -2.14. The number of halogens is 2. The highest BCUT2D eigenvalue weighted by Crippen LogP contribution is 2.23. The lowest BCUT2D eigenvalue weighted by Crippen LogP contribution is -2.11. The van der Waals surface area contributed by atoms with Gasteiger partial charge in [-0.3, -0.25) is 0 Å². The molecule has 84 valence electrons. The molecule has 2 aromatic rings. The number of hydrogen-bond donors (Lipinski definition) is 1. The third-order valence-electron chi connectivity index (χ3n) is 2.51. The van der Waals surface area contributed by atoms with E-state index in [0.717, 1.165) is 9.39 Å². The van der Waals surface area contributed by atoms with Gasteiger partial charge in [-0.2, -0.15) is 5.10 Å². The maximum atomic E-state index is 5.96. The van der Waals surface area contributed by atoms with Crippen LogP contribution in [0.5, 0.6) is 0 Å². The van der Waals surface area contributed by atoms with E-state index < -0.39 is 0 Å². The van der Waals surface area contributed by atoms with Crippen molar-refractivity contribution in [3.8, 4) is 0 Å². The topological polar surface area (TPSA) is 43.8 Å². The molecule has 16 heavy (non-hydrogen) atoms. The molecule has 1 aromatic carbocycles. The normalized spacial score (nSPS) is 12.7. The average Bonchev–Trinajstić information content (AvgIpc) is 2.60. The second kappa shape index (κ2) is 4.91. The Morgan fingerprint density at radius 2 is 1.88 bits per heavy atom. The smallest absolute Gasteiger partial charge is 0.135 e. The number of nitrogens with two attached hydrogens (primary N) is 1. The van der Waals surface area contributed by atoms with E-state index in [1.807, 2.05) is 4.68 Å². The number of nitrogens with zero attached hydrogens (tertiary/aromatic N) is 2. The van der Waals surface area contributed by atoms with Gasteiger partial charge in [0.2, 0.25) is 0 Å². The summed E-state index contributed by atoms with van der Waals surface area (Å²) in [6, 6.07) is 8.58. The van der Waals surface area contributed by atoms with Gasteiger partial charge in [-0.15, -0.1) is 0 Å². The minimum absolute atomic E-state index is 0.167. The zero-order chi connectivity index (χ0) is 11.7. The van der Waals surface area contributed by atoms with E-state index in [1.54, 1.807) is 6.20 Å². The van der Waals surface area contributed by atoms with Crippen LogP contribution in [0.1, 0.15) is 18.5 Å². The lowest BCUT2D eigenvalue weighted by molar-refractivity contribution is 0.573. The molecular weight excluding hydrogens is 428 g/mol. The van der Waals surface area contributed by atoms with Gasteiger partial charge in [0.25, 0.3) is 0 Å². The molecule has 1 aromatic heterocycles. The Bertz CT molecular complexity index is 490. The number of aromatic nitrogens is 2. The van der Waals surface area contributed by atoms with Crippen LogP contribution in [-0.2, 0) is 0 Å². The van der Waals surface area contributed by atoms with Crippen molar-refractivity contribution in [3.05, 3.63) is 43.2 Å². The van der Waals surface area contributed by atoms with Gasteiger partial charge >= 0.3 is 0 Å². The maximum Gasteiger partial charge on any atom is 0.135 e. The summed E-state index contributed by atoms with van der Waals surface area (Å²) in [5, 5.41) is 4.30. The van der Waals surface area contributed by atoms with Crippen molar-refractivity contribution in [3.63, 3.8) is 0 Å². The molecule has 0 saturated carbocycles. The molecule has 0 spiro atoms. The van der Waals surface area contributed by atoms with Crippen molar-refractivity contribution in [1.29, 1.82) is 0 Å². The van der Waals surface area contributed by atoms with Crippen molar-refractivity contribution in [1.82, 2.24) is 9.78 Å². The molecule has 0 amide bonds. The molecule has 0 fully saturated rings. The van der Waals surface area contributed by atoms with Crippen molar-refractivity contribution >= 4 is 51.0 Å². The standard InChI is InChI=1S/C11H11I2N3/c1-7(8-2-4-9(12)5-3-8)16-11(14)10(13)6-15-16/h2-7H,14H2,1H3. The molecular formula is C11H11I2N3. The average molecular weight is 439 g/mol. The quantitative estimate of drug-likeness (QED) is 0.731. The Hall–Kier alpha value is -0.310. The summed E-state index contributed by atoms with van der Waals surface area (Å²) >= 11 is 4.49. The lowest BCUT2D eigenvalue weighted by atomic mass is 10.1. The summed E-state index contributed by atoms with van der Waals surface area (Å²) < 4.78 is 4.08. The van der Waals surface area contributed by atoms with Crippen LogP contribution < -0.4 is 5.73 Å². The highest BCUT2D eigenvalue weighted by Gasteiger charge is 2.13. The second-order valence-electron chi connectivity index (χ2n) is 3.55. The zero-order valence-corrected chi connectivity index (χ0v) is 13.0. The predicted molar refractivity (Wildman–Crippen MR) is 82.3 cm³/mol. The van der Waals surface area contributed by atoms with Crippen molar-refractivity contribution in [2.75, 3.05) is 5.73 Å². The van der Waals surface area contributed by atoms with Crippen molar-refractivity contribution in [2.24, 2.45) is 0 Å². The van der Waals surface area contributed by atoms with Crippen LogP contribution in [0.25, 0.3) is 0 Å². The van der Waals surface area contributed by atoms with Gasteiger partial charge in [-0.05, 0) is 69.8 Å². The third kappa shape index (κ3) is 2.34. The summed E-state index contributed by atoms with van der Waals surface area (Å²) in [6.45, 7) is 2.10. The van der Waals surface area contributed by atoms with Crippen molar-refractivity contribution < 1.29 is 0 Å². The number of rotatable bonds is 2. The highest BCUT2D eigenvalue weighted by atomic mass is 127. The summed E-state index contributed by atoms with van der Waals surface area (Å²) in [5.41, 5.74) is 7.18. The van der Waals surface area contributed by atoms with Gasteiger partial charge in [0, 0.05) is 3.57 Å². The van der Waals surface area contributed by atoms with Crippen LogP contribution in [0.4, 0.5) is 5.82 Å². The molecule has 0 aliphatic heterocycles. The first-order valence-electron chi connectivity index (χ1n) is 4.83. The van der Waals surface area contributed by atoms with Crippen LogP contribution >= 0.6 is 45.2 Å². The Labute approximate surface area is 122 Å². The molecule has 0 aliphatic carbocycles. The van der Waals surface area contributed by atoms with Gasteiger partial charge in [-0.25, -0.2) is 4.68 Å². The summed E-state index contributed by atoms with van der Waals surface area (Å²) in [7, 11) is 0. The fourth-order valence-corrected chi connectivity index (χ4v) is 2.27. The molecule has 3 nitrogen and oxygen atoms in total. The van der Waals surface area contributed by atoms with Gasteiger partial charge in [0.15, 0.2) is 0 Å². The number of anilines is 1. The van der Waals surface area contributed by atoms with Gasteiger partial charge < -0.3 is 5.73 Å². The van der Waals surface area contributed by atoms with Crippen molar-refractivity contribution in [2.45, 2.75) is 13.0 Å². The van der Waals surface area contributed by atoms with E-state index in [4.69, 9.17) is 5.73 Å². The first-order chi connectivity index (χ1) is 7.59. The van der Waals surface area contributed by atoms with E-state index in [1.165, 1.54) is 9.13 Å². The Balaban J connectivity index is 2.35. The van der Waals surface area contributed by atoms with Gasteiger partial charge in [0.1, 0.15) is 5.82 Å². The minimum Gasteiger partial charge on any atom is -0.383 e. The highest BCUT2D eigenvalue weighted by molar-refractivity contribution is 14.1. The van der Waals surface area contributed by atoms with Gasteiger partial charge in [0.05, 0.1) is 15.8 Å². The Morgan fingerprint density at radius 1 is 1.25 bits per heavy atom. The van der Waals surface area contributed by atoms with Crippen LogP contribution in [0.2, 0.25) is 0 Å². The zero-order valence-electron chi connectivity index (χ0n) is 8.69. The predicted octanol–water partition coefficient (Wildman–Crippen LogP) is 3.28. The molecule has 0 saturated heterocycles. The van der Waals surface area contributed by atoms with Crippen LogP contribution in [0, 0.1) is 7.14 Å². The molecule has 2 rings (SSSR count). The number of hydrogen-bond acceptors (Lipinski definition) is 2. The molecule has 2 N–H and O–H groups in total. The second-order valence-corrected chi connectivity index (χ2v) is 5.96. The Morgan fingerprint density at radius 3 is 2.38 bits per heavy atom. The third-order valence-corrected chi connectivity index (χ3v) is 4.06. The Kier molecular flexibility index (Phi) is 3.73. The maximum absolute atomic E-state index is 5.96. The molecule has 5 heteroatoms. The van der Waals surface area contributed by atoms with E-state index in [9.17, 15) is 0 Å². The molecule has 1 unspecified atom stereocenters. The largest absolute Gasteiger partial charge is 0.383 e. The molecule has 0 radical (unpaired) electrons. The van der Waals surface area contributed by atoms with E-state index in [0.29, 0.717) is 0 Å². The van der Waals surface area contributed by atoms with Crippen LogP contribution in [0.3, 0.4) is 0 Å². The first kappa shape index (κ1) is 12.2. The van der Waals surface area contributed by atoms with E-state index >= 15 is 0 Å². The first-order valence-corrected chi connectivity index (χ1v) is 6.99. The molecule has 1 heterocycles. The molecule has 0 bridgehead atoms. The molecule has 1 atom stereocenters. The van der Waals surface area contributed by atoms with Crippen LogP contribution in [-0.4, -0.2) is 9.78 Å². The summed E-state index contributed by atoms with van der Waals surface area (Å²) in [4.78, 5) is 0. The van der Waals surface area contributed by atoms with Crippen LogP contribution in [0.15, 0.2) is 30.5 Å². The minimum atomic E-state index is 0.167. The fraction of sp³-hybridized carbons (Fsp3) is 0.182. The molecule has 0 aliphatic rings. The number of benzene rings is 1. The number of nitrogen functional groups attached to an aromatic ring is 1.